The summed E-state index contributed by atoms with van der Waals surface area (Å²) in [7, 11) is 0. The standard InChI is InChI=1S/C26H27N3O3/c1-2-23(30)21-15-27-26(28-16-21)19-7-5-18(6-8-19)17-29-11-3-4-22(29)20-9-10-24-25(14-20)32-13-12-31-24/h5-10,14-16,22H,2-4,11-13,17H2,1H3/t22-/m1/s1. The molecule has 0 spiro atoms. The summed E-state index contributed by atoms with van der Waals surface area (Å²) in [5.41, 5.74) is 4.07. The van der Waals surface area contributed by atoms with Gasteiger partial charge in [0.15, 0.2) is 23.1 Å². The fourth-order valence-corrected chi connectivity index (χ4v) is 4.48. The lowest BCUT2D eigenvalue weighted by molar-refractivity contribution is 0.0987. The molecule has 1 saturated heterocycles. The molecular formula is C26H27N3O3. The highest BCUT2D eigenvalue weighted by molar-refractivity contribution is 5.95. The van der Waals surface area contributed by atoms with Gasteiger partial charge in [0.1, 0.15) is 13.2 Å². The molecule has 1 fully saturated rings. The van der Waals surface area contributed by atoms with Crippen molar-refractivity contribution in [1.29, 1.82) is 0 Å². The van der Waals surface area contributed by atoms with E-state index < -0.39 is 0 Å². The van der Waals surface area contributed by atoms with Gasteiger partial charge in [-0.2, -0.15) is 0 Å². The molecule has 1 atom stereocenters. The van der Waals surface area contributed by atoms with Crippen LogP contribution in [0.5, 0.6) is 11.5 Å². The minimum atomic E-state index is 0.0603. The van der Waals surface area contributed by atoms with Gasteiger partial charge >= 0.3 is 0 Å². The van der Waals surface area contributed by atoms with Gasteiger partial charge in [-0.25, -0.2) is 9.97 Å². The number of hydrogen-bond donors (Lipinski definition) is 0. The molecule has 2 aliphatic rings. The third-order valence-electron chi connectivity index (χ3n) is 6.21. The summed E-state index contributed by atoms with van der Waals surface area (Å²) in [4.78, 5) is 23.0. The third kappa shape index (κ3) is 4.23. The quantitative estimate of drug-likeness (QED) is 0.522. The second-order valence-corrected chi connectivity index (χ2v) is 8.30. The Morgan fingerprint density at radius 1 is 1.03 bits per heavy atom. The van der Waals surface area contributed by atoms with Gasteiger partial charge in [0, 0.05) is 37.0 Å². The number of likely N-dealkylation sites (tertiary alicyclic amines) is 1. The number of ether oxygens (including phenoxy) is 2. The number of rotatable bonds is 6. The molecule has 5 rings (SSSR count). The van der Waals surface area contributed by atoms with Crippen molar-refractivity contribution in [2.75, 3.05) is 19.8 Å². The average molecular weight is 430 g/mol. The maximum atomic E-state index is 11.8. The molecule has 1 aromatic heterocycles. The van der Waals surface area contributed by atoms with Crippen LogP contribution in [0, 0.1) is 0 Å². The Bertz CT molecular complexity index is 1100. The van der Waals surface area contributed by atoms with Crippen LogP contribution in [0.25, 0.3) is 11.4 Å². The van der Waals surface area contributed by atoms with E-state index in [-0.39, 0.29) is 5.78 Å². The molecule has 32 heavy (non-hydrogen) atoms. The molecule has 6 nitrogen and oxygen atoms in total. The van der Waals surface area contributed by atoms with E-state index in [2.05, 4.69) is 51.3 Å². The highest BCUT2D eigenvalue weighted by Crippen LogP contribution is 2.38. The Kier molecular flexibility index (Phi) is 5.86. The predicted octanol–water partition coefficient (Wildman–Crippen LogP) is 4.84. The molecule has 0 unspecified atom stereocenters. The molecule has 6 heteroatoms. The topological polar surface area (TPSA) is 64.6 Å². The maximum Gasteiger partial charge on any atom is 0.165 e. The van der Waals surface area contributed by atoms with Crippen molar-refractivity contribution in [3.05, 3.63) is 71.5 Å². The van der Waals surface area contributed by atoms with Crippen LogP contribution in [-0.4, -0.2) is 40.4 Å². The first-order valence-corrected chi connectivity index (χ1v) is 11.3. The van der Waals surface area contributed by atoms with E-state index >= 15 is 0 Å². The number of fused-ring (bicyclic) bond motifs is 1. The number of Topliss-reactive ketones (excluding diaryl/α,β-unsaturated/α-hetero) is 1. The van der Waals surface area contributed by atoms with E-state index in [4.69, 9.17) is 9.47 Å². The number of nitrogens with zero attached hydrogens (tertiary/aromatic N) is 3. The summed E-state index contributed by atoms with van der Waals surface area (Å²) < 4.78 is 11.5. The molecule has 0 N–H and O–H groups in total. The molecule has 2 aromatic carbocycles. The van der Waals surface area contributed by atoms with Gasteiger partial charge in [-0.05, 0) is 42.6 Å². The van der Waals surface area contributed by atoms with Crippen molar-refractivity contribution in [1.82, 2.24) is 14.9 Å². The van der Waals surface area contributed by atoms with E-state index in [9.17, 15) is 4.79 Å². The second-order valence-electron chi connectivity index (χ2n) is 8.30. The summed E-state index contributed by atoms with van der Waals surface area (Å²) in [5.74, 6) is 2.40. The van der Waals surface area contributed by atoms with Gasteiger partial charge in [0.2, 0.25) is 0 Å². The van der Waals surface area contributed by atoms with Gasteiger partial charge in [0.05, 0.1) is 5.56 Å². The molecule has 0 aliphatic carbocycles. The number of benzene rings is 2. The minimum Gasteiger partial charge on any atom is -0.486 e. The lowest BCUT2D eigenvalue weighted by atomic mass is 10.0. The monoisotopic (exact) mass is 429 g/mol. The molecule has 0 saturated carbocycles. The normalized spacial score (nSPS) is 18.0. The Labute approximate surface area is 188 Å². The van der Waals surface area contributed by atoms with Gasteiger partial charge < -0.3 is 9.47 Å². The van der Waals surface area contributed by atoms with Crippen molar-refractivity contribution in [2.45, 2.75) is 38.8 Å². The highest BCUT2D eigenvalue weighted by atomic mass is 16.6. The number of carbonyl (C=O) groups is 1. The summed E-state index contributed by atoms with van der Waals surface area (Å²) in [6.45, 7) is 5.04. The summed E-state index contributed by atoms with van der Waals surface area (Å²) in [6.07, 6.45) is 6.03. The first-order valence-electron chi connectivity index (χ1n) is 11.3. The van der Waals surface area contributed by atoms with Crippen molar-refractivity contribution >= 4 is 5.78 Å². The summed E-state index contributed by atoms with van der Waals surface area (Å²) in [6, 6.07) is 15.1. The lowest BCUT2D eigenvalue weighted by Gasteiger charge is -2.26. The number of aromatic nitrogens is 2. The zero-order chi connectivity index (χ0) is 21.9. The van der Waals surface area contributed by atoms with E-state index in [1.807, 2.05) is 13.0 Å². The van der Waals surface area contributed by atoms with Gasteiger partial charge in [-0.3, -0.25) is 9.69 Å². The van der Waals surface area contributed by atoms with Crippen LogP contribution in [0.2, 0.25) is 0 Å². The molecule has 0 amide bonds. The SMILES string of the molecule is CCC(=O)c1cnc(-c2ccc(CN3CCC[C@@H]3c3ccc4c(c3)OCCO4)cc2)nc1. The third-order valence-corrected chi connectivity index (χ3v) is 6.21. The summed E-state index contributed by atoms with van der Waals surface area (Å²) >= 11 is 0. The average Bonchev–Trinajstić information content (AvgIpc) is 3.32. The van der Waals surface area contributed by atoms with Crippen LogP contribution in [0.3, 0.4) is 0 Å². The van der Waals surface area contributed by atoms with Crippen LogP contribution >= 0.6 is 0 Å². The van der Waals surface area contributed by atoms with Crippen molar-refractivity contribution in [3.63, 3.8) is 0 Å². The van der Waals surface area contributed by atoms with Crippen LogP contribution < -0.4 is 9.47 Å². The van der Waals surface area contributed by atoms with Crippen LogP contribution in [-0.2, 0) is 6.54 Å². The molecule has 0 radical (unpaired) electrons. The maximum absolute atomic E-state index is 11.8. The first-order chi connectivity index (χ1) is 15.7. The Morgan fingerprint density at radius 3 is 2.53 bits per heavy atom. The zero-order valence-electron chi connectivity index (χ0n) is 18.3. The minimum absolute atomic E-state index is 0.0603. The largest absolute Gasteiger partial charge is 0.486 e. The van der Waals surface area contributed by atoms with E-state index in [1.165, 1.54) is 17.5 Å². The van der Waals surface area contributed by atoms with Crippen molar-refractivity contribution < 1.29 is 14.3 Å². The molecule has 3 heterocycles. The molecular weight excluding hydrogens is 402 g/mol. The number of carbonyl (C=O) groups excluding carboxylic acids is 1. The fraction of sp³-hybridized carbons (Fsp3) is 0.346. The Balaban J connectivity index is 1.28. The highest BCUT2D eigenvalue weighted by Gasteiger charge is 2.27. The fourth-order valence-electron chi connectivity index (χ4n) is 4.48. The van der Waals surface area contributed by atoms with Crippen molar-refractivity contribution in [3.8, 4) is 22.9 Å². The molecule has 3 aromatic rings. The summed E-state index contributed by atoms with van der Waals surface area (Å²) in [5, 5.41) is 0. The molecule has 164 valence electrons. The predicted molar refractivity (Wildman–Crippen MR) is 122 cm³/mol. The number of hydrogen-bond acceptors (Lipinski definition) is 6. The smallest absolute Gasteiger partial charge is 0.165 e. The van der Waals surface area contributed by atoms with Crippen LogP contribution in [0.1, 0.15) is 53.7 Å². The number of ketones is 1. The van der Waals surface area contributed by atoms with E-state index in [1.54, 1.807) is 12.4 Å². The zero-order valence-corrected chi connectivity index (χ0v) is 18.3. The molecule has 2 aliphatic heterocycles. The van der Waals surface area contributed by atoms with Gasteiger partial charge in [-0.1, -0.05) is 37.3 Å². The van der Waals surface area contributed by atoms with Gasteiger partial charge in [0.25, 0.3) is 0 Å². The van der Waals surface area contributed by atoms with Crippen LogP contribution in [0.15, 0.2) is 54.9 Å². The Hall–Kier alpha value is -3.25. The second kappa shape index (κ2) is 9.09. The Morgan fingerprint density at radius 2 is 1.78 bits per heavy atom. The lowest BCUT2D eigenvalue weighted by Crippen LogP contribution is -2.23. The first kappa shape index (κ1) is 20.6. The van der Waals surface area contributed by atoms with E-state index in [0.717, 1.165) is 36.6 Å². The van der Waals surface area contributed by atoms with E-state index in [0.29, 0.717) is 37.1 Å². The molecule has 0 bridgehead atoms. The van der Waals surface area contributed by atoms with Crippen LogP contribution in [0.4, 0.5) is 0 Å². The van der Waals surface area contributed by atoms with Crippen molar-refractivity contribution in [2.24, 2.45) is 0 Å². The van der Waals surface area contributed by atoms with Gasteiger partial charge in [-0.15, -0.1) is 0 Å².